The minimum atomic E-state index is -0.00467. The zero-order valence-corrected chi connectivity index (χ0v) is 36.2. The van der Waals surface area contributed by atoms with Crippen LogP contribution in [0.5, 0.6) is 0 Å². The predicted molar refractivity (Wildman–Crippen MR) is 238 cm³/mol. The molecule has 0 amide bonds. The highest BCUT2D eigenvalue weighted by Gasteiger charge is 2.28. The van der Waals surface area contributed by atoms with Crippen molar-refractivity contribution >= 4 is 33.2 Å². The molecular formula is C48H73NO2S2. The number of ketones is 2. The molecule has 0 bridgehead atoms. The van der Waals surface area contributed by atoms with E-state index in [0.717, 1.165) is 49.3 Å². The summed E-state index contributed by atoms with van der Waals surface area (Å²) in [6.45, 7) is 12.3. The number of hydrogen-bond acceptors (Lipinski definition) is 5. The van der Waals surface area contributed by atoms with E-state index in [-0.39, 0.29) is 11.6 Å². The largest absolute Gasteiger partial charge is 0.306 e. The van der Waals surface area contributed by atoms with Crippen molar-refractivity contribution in [1.82, 2.24) is 4.90 Å². The van der Waals surface area contributed by atoms with Crippen LogP contribution >= 0.6 is 21.6 Å². The molecule has 1 aromatic rings. The molecule has 0 saturated carbocycles. The molecule has 0 aromatic heterocycles. The van der Waals surface area contributed by atoms with E-state index >= 15 is 0 Å². The number of benzene rings is 1. The number of allylic oxidation sites excluding steroid dienone is 11. The molecule has 1 aliphatic carbocycles. The summed E-state index contributed by atoms with van der Waals surface area (Å²) in [5.41, 5.74) is 2.37. The minimum absolute atomic E-state index is 0.00467. The van der Waals surface area contributed by atoms with Crippen LogP contribution in [0.1, 0.15) is 158 Å². The number of rotatable bonds is 29. The summed E-state index contributed by atoms with van der Waals surface area (Å²) in [7, 11) is 8.00. The highest BCUT2D eigenvalue weighted by Crippen LogP contribution is 2.37. The quantitative estimate of drug-likeness (QED) is 0.0352. The summed E-state index contributed by atoms with van der Waals surface area (Å²) in [4.78, 5) is 30.0. The lowest BCUT2D eigenvalue weighted by molar-refractivity contribution is 0.0973. The van der Waals surface area contributed by atoms with Gasteiger partial charge in [-0.2, -0.15) is 0 Å². The smallest absolute Gasteiger partial charge is 0.190 e. The molecular weight excluding hydrogens is 687 g/mol. The number of likely N-dealkylation sites (N-methyl/N-ethyl adjacent to an activating group) is 1. The van der Waals surface area contributed by atoms with Gasteiger partial charge >= 0.3 is 0 Å². The molecule has 53 heavy (non-hydrogen) atoms. The molecule has 0 N–H and O–H groups in total. The van der Waals surface area contributed by atoms with Crippen LogP contribution in [0.2, 0.25) is 0 Å². The molecule has 0 fully saturated rings. The summed E-state index contributed by atoms with van der Waals surface area (Å²) in [6, 6.07) is 7.27. The Morgan fingerprint density at radius 3 is 2.00 bits per heavy atom. The van der Waals surface area contributed by atoms with Crippen molar-refractivity contribution in [2.75, 3.05) is 26.4 Å². The van der Waals surface area contributed by atoms with Crippen molar-refractivity contribution in [3.8, 4) is 0 Å². The second-order valence-corrected chi connectivity index (χ2v) is 18.4. The molecule has 1 aromatic carbocycles. The number of carbonyl (C=O) groups excluding carboxylic acids is 2. The standard InChI is InChI=1S/C48H73NO2S2/c1-39(2)27-24-28-40(3)29-25-30-41(4)31-26-32-43(35-36-44-42(5)47(50)45-33-20-21-34-46(45)48(44)51)53-52-38-23-19-17-15-13-11-9-8-10-12-14-16-18-22-37-49(6)7/h9-12,14,16,18,20-22,33-35,39-41H,8,13,15,17,19,23-32,36-38H2,1-7H3/b11-9-,12-10-,16-14-,22-18+,43-35+. The summed E-state index contributed by atoms with van der Waals surface area (Å²) in [5, 5.41) is 0. The zero-order valence-electron chi connectivity index (χ0n) is 34.5. The fourth-order valence-electron chi connectivity index (χ4n) is 6.62. The lowest BCUT2D eigenvalue weighted by atomic mass is 9.83. The van der Waals surface area contributed by atoms with E-state index in [1.807, 2.05) is 40.6 Å². The van der Waals surface area contributed by atoms with E-state index in [1.54, 1.807) is 12.1 Å². The molecule has 294 valence electrons. The number of hydrogen-bond donors (Lipinski definition) is 0. The van der Waals surface area contributed by atoms with Crippen LogP contribution < -0.4 is 0 Å². The molecule has 0 radical (unpaired) electrons. The summed E-state index contributed by atoms with van der Waals surface area (Å²) < 4.78 is 0. The van der Waals surface area contributed by atoms with E-state index in [0.29, 0.717) is 28.7 Å². The van der Waals surface area contributed by atoms with Gasteiger partial charge in [-0.1, -0.05) is 186 Å². The Balaban J connectivity index is 1.77. The van der Waals surface area contributed by atoms with Gasteiger partial charge in [-0.3, -0.25) is 9.59 Å². The highest BCUT2D eigenvalue weighted by molar-refractivity contribution is 8.78. The maximum absolute atomic E-state index is 13.4. The number of Topliss-reactive ketones (excluding diaryl/α,β-unsaturated/α-hetero) is 2. The van der Waals surface area contributed by atoms with Gasteiger partial charge in [0.2, 0.25) is 0 Å². The average Bonchev–Trinajstić information content (AvgIpc) is 3.12. The Morgan fingerprint density at radius 2 is 1.32 bits per heavy atom. The summed E-state index contributed by atoms with van der Waals surface area (Å²) in [6.07, 6.45) is 38.9. The van der Waals surface area contributed by atoms with Crippen molar-refractivity contribution < 1.29 is 9.59 Å². The molecule has 5 heteroatoms. The van der Waals surface area contributed by atoms with Crippen molar-refractivity contribution in [2.24, 2.45) is 17.8 Å². The summed E-state index contributed by atoms with van der Waals surface area (Å²) in [5.74, 6) is 3.54. The van der Waals surface area contributed by atoms with Gasteiger partial charge in [0.15, 0.2) is 11.6 Å². The Bertz CT molecular complexity index is 1380. The first kappa shape index (κ1) is 46.8. The SMILES string of the molecule is CC1=C(C/C=C(\CCCC(C)CCCC(C)CCCC(C)C)SSCCCCCC/C=C\C\C=C/C=C\C=C\CN(C)C)C(=O)c2ccccc2C1=O. The van der Waals surface area contributed by atoms with Gasteiger partial charge in [-0.05, 0) is 88.6 Å². The first-order valence-electron chi connectivity index (χ1n) is 20.7. The third-order valence-corrected chi connectivity index (χ3v) is 12.7. The molecule has 0 spiro atoms. The number of nitrogens with zero attached hydrogens (tertiary/aromatic N) is 1. The molecule has 0 aliphatic heterocycles. The van der Waals surface area contributed by atoms with Gasteiger partial charge in [0.05, 0.1) is 0 Å². The minimum Gasteiger partial charge on any atom is -0.306 e. The van der Waals surface area contributed by atoms with Gasteiger partial charge < -0.3 is 4.90 Å². The second kappa shape index (κ2) is 29.0. The average molecular weight is 760 g/mol. The number of carbonyl (C=O) groups is 2. The second-order valence-electron chi connectivity index (χ2n) is 15.9. The van der Waals surface area contributed by atoms with Crippen molar-refractivity contribution in [2.45, 2.75) is 137 Å². The van der Waals surface area contributed by atoms with E-state index in [9.17, 15) is 9.59 Å². The number of unbranched alkanes of at least 4 members (excludes halogenated alkanes) is 4. The van der Waals surface area contributed by atoms with Crippen molar-refractivity contribution in [3.63, 3.8) is 0 Å². The van der Waals surface area contributed by atoms with Crippen LogP contribution in [0.4, 0.5) is 0 Å². The molecule has 2 rings (SSSR count). The lowest BCUT2D eigenvalue weighted by Crippen LogP contribution is -2.20. The fourth-order valence-corrected chi connectivity index (χ4v) is 9.06. The first-order valence-corrected chi connectivity index (χ1v) is 23.1. The maximum Gasteiger partial charge on any atom is 0.190 e. The van der Waals surface area contributed by atoms with Gasteiger partial charge in [0.25, 0.3) is 0 Å². The van der Waals surface area contributed by atoms with Crippen LogP contribution in [-0.2, 0) is 0 Å². The maximum atomic E-state index is 13.4. The Hall–Kier alpha value is -2.34. The van der Waals surface area contributed by atoms with Gasteiger partial charge in [-0.15, -0.1) is 0 Å². The van der Waals surface area contributed by atoms with Crippen LogP contribution in [0.25, 0.3) is 0 Å². The van der Waals surface area contributed by atoms with Gasteiger partial charge in [0, 0.05) is 34.6 Å². The highest BCUT2D eigenvalue weighted by atomic mass is 33.1. The molecule has 2 unspecified atom stereocenters. The van der Waals surface area contributed by atoms with E-state index < -0.39 is 0 Å². The molecule has 2 atom stereocenters. The zero-order chi connectivity index (χ0) is 38.7. The first-order chi connectivity index (χ1) is 25.6. The predicted octanol–water partition coefficient (Wildman–Crippen LogP) is 14.6. The van der Waals surface area contributed by atoms with Crippen LogP contribution in [0, 0.1) is 17.8 Å². The fraction of sp³-hybridized carbons (Fsp3) is 0.583. The summed E-state index contributed by atoms with van der Waals surface area (Å²) >= 11 is 0. The third-order valence-electron chi connectivity index (χ3n) is 10.0. The van der Waals surface area contributed by atoms with Gasteiger partial charge in [-0.25, -0.2) is 0 Å². The number of fused-ring (bicyclic) bond motifs is 1. The van der Waals surface area contributed by atoms with Crippen molar-refractivity contribution in [3.05, 3.63) is 106 Å². The van der Waals surface area contributed by atoms with E-state index in [4.69, 9.17) is 0 Å². The van der Waals surface area contributed by atoms with E-state index in [1.165, 1.54) is 82.0 Å². The Morgan fingerprint density at radius 1 is 0.698 bits per heavy atom. The molecule has 0 heterocycles. The third kappa shape index (κ3) is 21.4. The van der Waals surface area contributed by atoms with Crippen LogP contribution in [-0.4, -0.2) is 42.9 Å². The lowest BCUT2D eigenvalue weighted by Gasteiger charge is -2.18. The van der Waals surface area contributed by atoms with E-state index in [2.05, 4.69) is 101 Å². The monoisotopic (exact) mass is 760 g/mol. The topological polar surface area (TPSA) is 37.4 Å². The Kier molecular flexibility index (Phi) is 25.6. The normalized spacial score (nSPS) is 15.5. The molecule has 0 saturated heterocycles. The van der Waals surface area contributed by atoms with Crippen molar-refractivity contribution in [1.29, 1.82) is 0 Å². The Labute approximate surface area is 333 Å². The van der Waals surface area contributed by atoms with Gasteiger partial charge in [0.1, 0.15) is 0 Å². The van der Waals surface area contributed by atoms with Crippen LogP contribution in [0.3, 0.4) is 0 Å². The molecule has 1 aliphatic rings. The molecule has 3 nitrogen and oxygen atoms in total. The van der Waals surface area contributed by atoms with Crippen LogP contribution in [0.15, 0.2) is 95.0 Å².